The molecule has 3 rings (SSSR count). The third-order valence-electron chi connectivity index (χ3n) is 4.45. The van der Waals surface area contributed by atoms with Crippen molar-refractivity contribution in [3.63, 3.8) is 0 Å². The van der Waals surface area contributed by atoms with E-state index in [1.807, 2.05) is 55.5 Å². The maximum absolute atomic E-state index is 12.5. The molecule has 0 fully saturated rings. The van der Waals surface area contributed by atoms with Gasteiger partial charge in [-0.2, -0.15) is 0 Å². The Morgan fingerprint density at radius 3 is 2.52 bits per heavy atom. The predicted molar refractivity (Wildman–Crippen MR) is 100 cm³/mol. The molecule has 0 saturated heterocycles. The smallest absolute Gasteiger partial charge is 0.223 e. The van der Waals surface area contributed by atoms with Crippen LogP contribution >= 0.6 is 0 Å². The number of aromatic amines is 1. The molecule has 0 bridgehead atoms. The van der Waals surface area contributed by atoms with Crippen molar-refractivity contribution in [2.45, 2.75) is 25.8 Å². The van der Waals surface area contributed by atoms with E-state index in [1.54, 1.807) is 0 Å². The summed E-state index contributed by atoms with van der Waals surface area (Å²) in [6, 6.07) is 19.8. The molecule has 1 aromatic heterocycles. The number of nitrogens with one attached hydrogen (secondary N) is 2. The summed E-state index contributed by atoms with van der Waals surface area (Å²) in [6.45, 7) is 1.84. The first-order valence-electron chi connectivity index (χ1n) is 8.67. The Bertz CT molecular complexity index is 793. The van der Waals surface area contributed by atoms with E-state index in [0.29, 0.717) is 12.8 Å². The largest absolute Gasteiger partial charge is 0.394 e. The van der Waals surface area contributed by atoms with Crippen LogP contribution < -0.4 is 5.32 Å². The molecule has 0 saturated carbocycles. The Morgan fingerprint density at radius 2 is 1.80 bits per heavy atom. The number of fused-ring (bicyclic) bond motifs is 1. The number of carbonyl (C=O) groups excluding carboxylic acids is 1. The van der Waals surface area contributed by atoms with Crippen molar-refractivity contribution in [1.29, 1.82) is 0 Å². The van der Waals surface area contributed by atoms with Crippen LogP contribution in [-0.4, -0.2) is 28.6 Å². The van der Waals surface area contributed by atoms with Crippen LogP contribution in [0, 0.1) is 5.92 Å². The molecule has 2 unspecified atom stereocenters. The number of carbonyl (C=O) groups is 1. The van der Waals surface area contributed by atoms with Gasteiger partial charge in [-0.1, -0.05) is 55.5 Å². The monoisotopic (exact) mass is 336 g/mol. The van der Waals surface area contributed by atoms with E-state index in [2.05, 4.69) is 22.4 Å². The summed E-state index contributed by atoms with van der Waals surface area (Å²) in [5, 5.41) is 13.7. The molecule has 0 aliphatic rings. The molecule has 130 valence electrons. The zero-order valence-corrected chi connectivity index (χ0v) is 14.4. The Morgan fingerprint density at radius 1 is 1.08 bits per heavy atom. The molecule has 0 aliphatic heterocycles. The first kappa shape index (κ1) is 17.2. The number of aliphatic hydroxyl groups excluding tert-OH is 1. The zero-order valence-electron chi connectivity index (χ0n) is 14.4. The lowest BCUT2D eigenvalue weighted by Crippen LogP contribution is -2.42. The summed E-state index contributed by atoms with van der Waals surface area (Å²) in [6.07, 6.45) is 1.27. The molecule has 1 heterocycles. The van der Waals surface area contributed by atoms with Crippen molar-refractivity contribution in [1.82, 2.24) is 10.3 Å². The van der Waals surface area contributed by atoms with E-state index in [0.717, 1.165) is 22.2 Å². The number of hydrogen-bond acceptors (Lipinski definition) is 2. The highest BCUT2D eigenvalue weighted by molar-refractivity contribution is 5.81. The third kappa shape index (κ3) is 4.48. The van der Waals surface area contributed by atoms with Gasteiger partial charge in [-0.05, 0) is 35.9 Å². The molecular weight excluding hydrogens is 312 g/mol. The highest BCUT2D eigenvalue weighted by Gasteiger charge is 2.18. The normalized spacial score (nSPS) is 13.5. The van der Waals surface area contributed by atoms with Gasteiger partial charge in [-0.3, -0.25) is 4.79 Å². The zero-order chi connectivity index (χ0) is 17.6. The van der Waals surface area contributed by atoms with Gasteiger partial charge in [0.05, 0.1) is 12.6 Å². The summed E-state index contributed by atoms with van der Waals surface area (Å²) in [4.78, 5) is 15.8. The Balaban J connectivity index is 1.59. The van der Waals surface area contributed by atoms with Gasteiger partial charge in [0, 0.05) is 17.1 Å². The van der Waals surface area contributed by atoms with E-state index in [1.165, 1.54) is 0 Å². The van der Waals surface area contributed by atoms with Crippen LogP contribution in [0.1, 0.15) is 18.2 Å². The molecule has 0 radical (unpaired) electrons. The summed E-state index contributed by atoms with van der Waals surface area (Å²) in [5.41, 5.74) is 3.24. The number of aliphatic hydroxyl groups is 1. The summed E-state index contributed by atoms with van der Waals surface area (Å²) in [5.74, 6) is -0.202. The number of para-hydroxylation sites is 1. The lowest BCUT2D eigenvalue weighted by molar-refractivity contribution is -0.125. The van der Waals surface area contributed by atoms with Gasteiger partial charge in [0.1, 0.15) is 0 Å². The molecule has 2 atom stereocenters. The van der Waals surface area contributed by atoms with Crippen LogP contribution in [0.5, 0.6) is 0 Å². The van der Waals surface area contributed by atoms with E-state index >= 15 is 0 Å². The third-order valence-corrected chi connectivity index (χ3v) is 4.45. The minimum atomic E-state index is -0.264. The number of aromatic nitrogens is 1. The fourth-order valence-corrected chi connectivity index (χ4v) is 3.07. The molecule has 3 aromatic rings. The standard InChI is InChI=1S/C21H24N2O2/c1-15(11-18-13-17-9-5-6-10-20(17)22-18)21(25)23-19(14-24)12-16-7-3-2-4-8-16/h2-10,13,15,19,22,24H,11-12,14H2,1H3,(H,23,25). The van der Waals surface area contributed by atoms with Crippen molar-refractivity contribution in [2.24, 2.45) is 5.92 Å². The molecule has 3 N–H and O–H groups in total. The molecule has 4 heteroatoms. The molecular formula is C21H24N2O2. The lowest BCUT2D eigenvalue weighted by Gasteiger charge is -2.19. The number of benzene rings is 2. The summed E-state index contributed by atoms with van der Waals surface area (Å²) < 4.78 is 0. The summed E-state index contributed by atoms with van der Waals surface area (Å²) >= 11 is 0. The maximum Gasteiger partial charge on any atom is 0.223 e. The Labute approximate surface area is 147 Å². The fraction of sp³-hybridized carbons (Fsp3) is 0.286. The van der Waals surface area contributed by atoms with E-state index < -0.39 is 0 Å². The number of H-pyrrole nitrogens is 1. The minimum Gasteiger partial charge on any atom is -0.394 e. The van der Waals surface area contributed by atoms with Crippen LogP contribution in [0.3, 0.4) is 0 Å². The van der Waals surface area contributed by atoms with Crippen molar-refractivity contribution in [3.05, 3.63) is 71.9 Å². The quantitative estimate of drug-likeness (QED) is 0.621. The predicted octanol–water partition coefficient (Wildman–Crippen LogP) is 3.07. The SMILES string of the molecule is CC(Cc1cc2ccccc2[nH]1)C(=O)NC(CO)Cc1ccccc1. The van der Waals surface area contributed by atoms with Gasteiger partial charge in [0.25, 0.3) is 0 Å². The fourth-order valence-electron chi connectivity index (χ4n) is 3.07. The topological polar surface area (TPSA) is 65.1 Å². The molecule has 0 spiro atoms. The molecule has 1 amide bonds. The molecule has 25 heavy (non-hydrogen) atoms. The lowest BCUT2D eigenvalue weighted by atomic mass is 10.0. The average Bonchev–Trinajstić information content (AvgIpc) is 3.04. The van der Waals surface area contributed by atoms with Crippen LogP contribution in [-0.2, 0) is 17.6 Å². The average molecular weight is 336 g/mol. The van der Waals surface area contributed by atoms with E-state index in [4.69, 9.17) is 0 Å². The summed E-state index contributed by atoms with van der Waals surface area (Å²) in [7, 11) is 0. The highest BCUT2D eigenvalue weighted by Crippen LogP contribution is 2.17. The Hall–Kier alpha value is -2.59. The van der Waals surface area contributed by atoms with Crippen molar-refractivity contribution < 1.29 is 9.90 Å². The van der Waals surface area contributed by atoms with Crippen molar-refractivity contribution in [3.8, 4) is 0 Å². The first-order chi connectivity index (χ1) is 12.2. The molecule has 4 nitrogen and oxygen atoms in total. The van der Waals surface area contributed by atoms with Crippen LogP contribution in [0.4, 0.5) is 0 Å². The van der Waals surface area contributed by atoms with Crippen LogP contribution in [0.2, 0.25) is 0 Å². The van der Waals surface area contributed by atoms with Crippen LogP contribution in [0.25, 0.3) is 10.9 Å². The van der Waals surface area contributed by atoms with Gasteiger partial charge in [-0.25, -0.2) is 0 Å². The van der Waals surface area contributed by atoms with Gasteiger partial charge in [-0.15, -0.1) is 0 Å². The number of rotatable bonds is 7. The molecule has 0 aliphatic carbocycles. The van der Waals surface area contributed by atoms with Crippen molar-refractivity contribution in [2.75, 3.05) is 6.61 Å². The first-order valence-corrected chi connectivity index (χ1v) is 8.67. The van der Waals surface area contributed by atoms with E-state index in [9.17, 15) is 9.90 Å². The molecule has 2 aromatic carbocycles. The maximum atomic E-state index is 12.5. The highest BCUT2D eigenvalue weighted by atomic mass is 16.3. The van der Waals surface area contributed by atoms with Gasteiger partial charge in [0.15, 0.2) is 0 Å². The van der Waals surface area contributed by atoms with Crippen molar-refractivity contribution >= 4 is 16.8 Å². The van der Waals surface area contributed by atoms with Gasteiger partial charge < -0.3 is 15.4 Å². The van der Waals surface area contributed by atoms with Gasteiger partial charge in [0.2, 0.25) is 5.91 Å². The van der Waals surface area contributed by atoms with E-state index in [-0.39, 0.29) is 24.5 Å². The second kappa shape index (κ2) is 7.99. The van der Waals surface area contributed by atoms with Crippen LogP contribution in [0.15, 0.2) is 60.7 Å². The minimum absolute atomic E-state index is 0.0337. The number of hydrogen-bond donors (Lipinski definition) is 3. The second-order valence-corrected chi connectivity index (χ2v) is 6.56. The van der Waals surface area contributed by atoms with Gasteiger partial charge >= 0.3 is 0 Å². The Kier molecular flexibility index (Phi) is 5.51. The second-order valence-electron chi connectivity index (χ2n) is 6.56. The number of amides is 1.